The van der Waals surface area contributed by atoms with Crippen molar-refractivity contribution in [2.45, 2.75) is 24.2 Å². The minimum Gasteiger partial charge on any atom is -0.356 e. The Kier molecular flexibility index (Phi) is 8.47. The van der Waals surface area contributed by atoms with E-state index in [-0.39, 0.29) is 27.4 Å². The Hall–Kier alpha value is -2.11. The summed E-state index contributed by atoms with van der Waals surface area (Å²) < 4.78 is 26.4. The number of amides is 1. The lowest BCUT2D eigenvalue weighted by atomic mass is 10.1. The molecule has 6 nitrogen and oxygen atoms in total. The van der Waals surface area contributed by atoms with Crippen LogP contribution in [0, 0.1) is 6.57 Å². The Bertz CT molecular complexity index is 1000. The van der Waals surface area contributed by atoms with Crippen molar-refractivity contribution >= 4 is 44.8 Å². The van der Waals surface area contributed by atoms with Gasteiger partial charge in [-0.3, -0.25) is 4.79 Å². The van der Waals surface area contributed by atoms with Crippen LogP contribution in [-0.4, -0.2) is 38.8 Å². The van der Waals surface area contributed by atoms with Gasteiger partial charge in [-0.1, -0.05) is 59.1 Å². The number of carbonyl (C=O) groups excluding carboxylic acids is 1. The number of rotatable bonds is 9. The summed E-state index contributed by atoms with van der Waals surface area (Å²) in [7, 11) is -2.30. The molecule has 0 aliphatic heterocycles. The van der Waals surface area contributed by atoms with E-state index in [4.69, 9.17) is 29.8 Å². The predicted molar refractivity (Wildman–Crippen MR) is 115 cm³/mol. The molecule has 0 aromatic heterocycles. The second-order valence-electron chi connectivity index (χ2n) is 6.36. The van der Waals surface area contributed by atoms with Gasteiger partial charge in [0.05, 0.1) is 16.6 Å². The molecular weight excluding hydrogens is 433 g/mol. The minimum absolute atomic E-state index is 0.00116. The van der Waals surface area contributed by atoms with Crippen LogP contribution in [0.5, 0.6) is 0 Å². The molecular formula is C20H21Cl2N3O3S. The van der Waals surface area contributed by atoms with E-state index >= 15 is 0 Å². The van der Waals surface area contributed by atoms with Crippen LogP contribution in [0.4, 0.5) is 5.69 Å². The number of hydrogen-bond acceptors (Lipinski definition) is 3. The van der Waals surface area contributed by atoms with Gasteiger partial charge in [0.1, 0.15) is 4.90 Å². The molecule has 0 spiro atoms. The number of benzene rings is 2. The highest BCUT2D eigenvalue weighted by molar-refractivity contribution is 7.89. The summed E-state index contributed by atoms with van der Waals surface area (Å²) >= 11 is 11.9. The van der Waals surface area contributed by atoms with Crippen LogP contribution in [0.2, 0.25) is 10.0 Å². The van der Waals surface area contributed by atoms with Gasteiger partial charge in [0.2, 0.25) is 15.9 Å². The van der Waals surface area contributed by atoms with E-state index in [0.29, 0.717) is 31.5 Å². The monoisotopic (exact) mass is 453 g/mol. The van der Waals surface area contributed by atoms with Gasteiger partial charge < -0.3 is 5.32 Å². The Morgan fingerprint density at radius 3 is 2.52 bits per heavy atom. The average Bonchev–Trinajstić information content (AvgIpc) is 2.71. The first-order chi connectivity index (χ1) is 13.8. The molecule has 2 aromatic carbocycles. The average molecular weight is 454 g/mol. The largest absolute Gasteiger partial charge is 0.356 e. The fourth-order valence-electron chi connectivity index (χ4n) is 2.58. The number of nitrogens with zero attached hydrogens (tertiary/aromatic N) is 2. The molecule has 2 rings (SSSR count). The van der Waals surface area contributed by atoms with Crippen LogP contribution >= 0.6 is 23.2 Å². The summed E-state index contributed by atoms with van der Waals surface area (Å²) in [6.07, 6.45) is 1.36. The molecule has 0 saturated carbocycles. The van der Waals surface area contributed by atoms with Crippen LogP contribution in [0.1, 0.15) is 18.4 Å². The minimum atomic E-state index is -3.76. The molecule has 1 amide bonds. The second-order valence-corrected chi connectivity index (χ2v) is 9.16. The topological polar surface area (TPSA) is 70.8 Å². The standard InChI is InChI=1S/C20H21Cl2N3O3S/c1-23-16-10-7-15(8-11-16)9-12-19(26)24-13-4-14-25(2)29(27,28)18-6-3-5-17(21)20(18)22/h3,5-8,10-11H,4,9,12-14H2,2H3,(H,24,26). The van der Waals surface area contributed by atoms with Gasteiger partial charge in [-0.25, -0.2) is 17.6 Å². The molecule has 1 N–H and O–H groups in total. The third-order valence-electron chi connectivity index (χ3n) is 4.28. The first-order valence-electron chi connectivity index (χ1n) is 8.89. The zero-order chi connectivity index (χ0) is 21.4. The van der Waals surface area contributed by atoms with E-state index in [1.165, 1.54) is 29.6 Å². The lowest BCUT2D eigenvalue weighted by Crippen LogP contribution is -2.31. The highest BCUT2D eigenvalue weighted by Gasteiger charge is 2.24. The van der Waals surface area contributed by atoms with Crippen LogP contribution in [0.15, 0.2) is 47.4 Å². The first-order valence-corrected chi connectivity index (χ1v) is 11.1. The molecule has 154 valence electrons. The number of carbonyl (C=O) groups is 1. The normalized spacial score (nSPS) is 11.3. The fourth-order valence-corrected chi connectivity index (χ4v) is 4.53. The van der Waals surface area contributed by atoms with Gasteiger partial charge >= 0.3 is 0 Å². The van der Waals surface area contributed by atoms with Crippen molar-refractivity contribution < 1.29 is 13.2 Å². The zero-order valence-electron chi connectivity index (χ0n) is 15.9. The van der Waals surface area contributed by atoms with Crippen LogP contribution in [0.25, 0.3) is 4.85 Å². The molecule has 9 heteroatoms. The second kappa shape index (κ2) is 10.6. The molecule has 0 radical (unpaired) electrons. The molecule has 0 atom stereocenters. The summed E-state index contributed by atoms with van der Waals surface area (Å²) in [5.74, 6) is -0.109. The molecule has 0 heterocycles. The summed E-state index contributed by atoms with van der Waals surface area (Å²) in [6, 6.07) is 11.6. The molecule has 0 unspecified atom stereocenters. The molecule has 0 aliphatic rings. The smallest absolute Gasteiger partial charge is 0.244 e. The predicted octanol–water partition coefficient (Wildman–Crippen LogP) is 4.30. The molecule has 29 heavy (non-hydrogen) atoms. The van der Waals surface area contributed by atoms with Crippen LogP contribution in [0.3, 0.4) is 0 Å². The highest BCUT2D eigenvalue weighted by Crippen LogP contribution is 2.30. The Morgan fingerprint density at radius 1 is 1.17 bits per heavy atom. The van der Waals surface area contributed by atoms with Crippen molar-refractivity contribution in [3.8, 4) is 0 Å². The van der Waals surface area contributed by atoms with Gasteiger partial charge in [0.15, 0.2) is 5.69 Å². The van der Waals surface area contributed by atoms with Crippen molar-refractivity contribution in [1.82, 2.24) is 9.62 Å². The van der Waals surface area contributed by atoms with Gasteiger partial charge in [-0.05, 0) is 25.0 Å². The maximum atomic E-state index is 12.6. The Balaban J connectivity index is 1.76. The number of aryl methyl sites for hydroxylation is 1. The van der Waals surface area contributed by atoms with E-state index in [0.717, 1.165) is 5.56 Å². The van der Waals surface area contributed by atoms with Crippen LogP contribution < -0.4 is 5.32 Å². The quantitative estimate of drug-likeness (QED) is 0.454. The number of nitrogens with one attached hydrogen (secondary N) is 1. The van der Waals surface area contributed by atoms with Crippen molar-refractivity contribution in [1.29, 1.82) is 0 Å². The SMILES string of the molecule is [C-]#[N+]c1ccc(CCC(=O)NCCCN(C)S(=O)(=O)c2cccc(Cl)c2Cl)cc1. The molecule has 0 fully saturated rings. The van der Waals surface area contributed by atoms with E-state index in [1.807, 2.05) is 12.1 Å². The number of sulfonamides is 1. The Morgan fingerprint density at radius 2 is 1.86 bits per heavy atom. The molecule has 0 bridgehead atoms. The summed E-state index contributed by atoms with van der Waals surface area (Å²) in [5.41, 5.74) is 1.55. The maximum Gasteiger partial charge on any atom is 0.244 e. The lowest BCUT2D eigenvalue weighted by Gasteiger charge is -2.18. The third-order valence-corrected chi connectivity index (χ3v) is 7.11. The van der Waals surface area contributed by atoms with E-state index in [9.17, 15) is 13.2 Å². The van der Waals surface area contributed by atoms with Crippen molar-refractivity contribution in [2.75, 3.05) is 20.1 Å². The van der Waals surface area contributed by atoms with E-state index in [1.54, 1.807) is 12.1 Å². The van der Waals surface area contributed by atoms with Gasteiger partial charge in [0.25, 0.3) is 0 Å². The highest BCUT2D eigenvalue weighted by atomic mass is 35.5. The summed E-state index contributed by atoms with van der Waals surface area (Å²) in [6.45, 7) is 7.51. The lowest BCUT2D eigenvalue weighted by molar-refractivity contribution is -0.121. The number of hydrogen-bond donors (Lipinski definition) is 1. The molecule has 2 aromatic rings. The summed E-state index contributed by atoms with van der Waals surface area (Å²) in [5, 5.41) is 2.96. The molecule has 0 saturated heterocycles. The van der Waals surface area contributed by atoms with Crippen molar-refractivity contribution in [2.24, 2.45) is 0 Å². The first kappa shape index (κ1) is 23.2. The van der Waals surface area contributed by atoms with Crippen molar-refractivity contribution in [3.63, 3.8) is 0 Å². The fraction of sp³-hybridized carbons (Fsp3) is 0.300. The zero-order valence-corrected chi connectivity index (χ0v) is 18.2. The third kappa shape index (κ3) is 6.44. The van der Waals surface area contributed by atoms with Gasteiger partial charge in [-0.2, -0.15) is 0 Å². The van der Waals surface area contributed by atoms with Gasteiger partial charge in [0, 0.05) is 26.6 Å². The van der Waals surface area contributed by atoms with E-state index in [2.05, 4.69) is 10.2 Å². The van der Waals surface area contributed by atoms with Crippen molar-refractivity contribution in [3.05, 3.63) is 69.5 Å². The number of halogens is 2. The Labute approximate surface area is 181 Å². The van der Waals surface area contributed by atoms with E-state index < -0.39 is 10.0 Å². The van der Waals surface area contributed by atoms with Gasteiger partial charge in [-0.15, -0.1) is 0 Å². The molecule has 0 aliphatic carbocycles. The maximum absolute atomic E-state index is 12.6. The van der Waals surface area contributed by atoms with Crippen LogP contribution in [-0.2, 0) is 21.2 Å². The summed E-state index contributed by atoms with van der Waals surface area (Å²) in [4.78, 5) is 15.2.